The lowest BCUT2D eigenvalue weighted by Crippen LogP contribution is -2.00. The number of rotatable bonds is 32. The molecule has 0 aliphatic carbocycles. The van der Waals surface area contributed by atoms with Gasteiger partial charge in [0.05, 0.1) is 0 Å². The van der Waals surface area contributed by atoms with Crippen molar-refractivity contribution in [2.45, 2.75) is 213 Å². The minimum Gasteiger partial charge on any atom is -0.384 e. The van der Waals surface area contributed by atoms with E-state index in [1.165, 1.54) is 191 Å². The summed E-state index contributed by atoms with van der Waals surface area (Å²) in [6.07, 6.45) is 41.2. The predicted molar refractivity (Wildman–Crippen MR) is 205 cm³/mol. The van der Waals surface area contributed by atoms with Crippen LogP contribution in [0.1, 0.15) is 222 Å². The normalized spacial score (nSPS) is 11.6. The molecular formula is C45H76O. The van der Waals surface area contributed by atoms with Gasteiger partial charge in [-0.1, -0.05) is 229 Å². The van der Waals surface area contributed by atoms with Crippen LogP contribution in [0.4, 0.5) is 0 Å². The van der Waals surface area contributed by atoms with Crippen LogP contribution in [-0.4, -0.2) is 5.11 Å². The Morgan fingerprint density at radius 3 is 0.783 bits per heavy atom. The van der Waals surface area contributed by atoms with Crippen molar-refractivity contribution in [3.05, 3.63) is 70.8 Å². The Hall–Kier alpha value is -1.60. The maximum Gasteiger partial charge on any atom is 0.104 e. The fraction of sp³-hybridized carbons (Fsp3) is 0.733. The Morgan fingerprint density at radius 1 is 0.326 bits per heavy atom. The first-order valence-corrected chi connectivity index (χ1v) is 20.6. The zero-order chi connectivity index (χ0) is 32.8. The largest absolute Gasteiger partial charge is 0.384 e. The summed E-state index contributed by atoms with van der Waals surface area (Å²) in [6.45, 7) is 4.59. The first-order chi connectivity index (χ1) is 22.7. The van der Waals surface area contributed by atoms with Crippen LogP contribution in [-0.2, 0) is 12.8 Å². The van der Waals surface area contributed by atoms with E-state index in [-0.39, 0.29) is 0 Å². The predicted octanol–water partition coefficient (Wildman–Crippen LogP) is 14.8. The molecule has 0 unspecified atom stereocenters. The van der Waals surface area contributed by atoms with E-state index in [0.717, 1.165) is 24.0 Å². The van der Waals surface area contributed by atoms with Gasteiger partial charge in [-0.2, -0.15) is 0 Å². The highest BCUT2D eigenvalue weighted by Crippen LogP contribution is 2.24. The van der Waals surface area contributed by atoms with Crippen LogP contribution in [0.15, 0.2) is 48.5 Å². The van der Waals surface area contributed by atoms with Gasteiger partial charge in [-0.05, 0) is 47.9 Å². The molecule has 0 fully saturated rings. The van der Waals surface area contributed by atoms with Gasteiger partial charge in [0.1, 0.15) is 6.10 Å². The maximum atomic E-state index is 11.0. The van der Waals surface area contributed by atoms with Crippen LogP contribution >= 0.6 is 0 Å². The summed E-state index contributed by atoms with van der Waals surface area (Å²) < 4.78 is 0. The second-order valence-electron chi connectivity index (χ2n) is 14.6. The van der Waals surface area contributed by atoms with E-state index in [0.29, 0.717) is 0 Å². The monoisotopic (exact) mass is 633 g/mol. The standard InChI is InChI=1S/C45H76O/c1-3-5-7-9-11-13-15-17-19-21-23-25-27-29-31-41-33-37-43(38-34-41)45(46)44-39-35-42(36-40-44)32-30-28-26-24-22-20-18-16-14-12-10-8-6-4-2/h33-40,45-46H,3-32H2,1-2H3. The molecule has 0 atom stereocenters. The number of benzene rings is 2. The van der Waals surface area contributed by atoms with Crippen LogP contribution in [0, 0.1) is 0 Å². The molecule has 1 heteroatoms. The van der Waals surface area contributed by atoms with Crippen molar-refractivity contribution in [1.82, 2.24) is 0 Å². The van der Waals surface area contributed by atoms with Gasteiger partial charge in [0, 0.05) is 0 Å². The molecule has 2 rings (SSSR count). The second-order valence-corrected chi connectivity index (χ2v) is 14.6. The van der Waals surface area contributed by atoms with Gasteiger partial charge in [0.2, 0.25) is 0 Å². The SMILES string of the molecule is CCCCCCCCCCCCCCCCc1ccc(C(O)c2ccc(CCCCCCCCCCCCCCCC)cc2)cc1. The van der Waals surface area contributed by atoms with Crippen molar-refractivity contribution in [2.24, 2.45) is 0 Å². The Morgan fingerprint density at radius 2 is 0.543 bits per heavy atom. The van der Waals surface area contributed by atoms with Gasteiger partial charge in [0.25, 0.3) is 0 Å². The van der Waals surface area contributed by atoms with Gasteiger partial charge >= 0.3 is 0 Å². The third-order valence-electron chi connectivity index (χ3n) is 10.2. The van der Waals surface area contributed by atoms with Gasteiger partial charge in [0.15, 0.2) is 0 Å². The molecule has 46 heavy (non-hydrogen) atoms. The van der Waals surface area contributed by atoms with Crippen molar-refractivity contribution in [3.63, 3.8) is 0 Å². The molecule has 0 radical (unpaired) electrons. The lowest BCUT2D eigenvalue weighted by Gasteiger charge is -2.13. The molecule has 1 N–H and O–H groups in total. The zero-order valence-electron chi connectivity index (χ0n) is 30.9. The molecule has 0 aliphatic rings. The van der Waals surface area contributed by atoms with Crippen molar-refractivity contribution >= 4 is 0 Å². The molecular weight excluding hydrogens is 556 g/mol. The van der Waals surface area contributed by atoms with E-state index in [9.17, 15) is 5.11 Å². The first-order valence-electron chi connectivity index (χ1n) is 20.6. The van der Waals surface area contributed by atoms with Gasteiger partial charge < -0.3 is 5.11 Å². The van der Waals surface area contributed by atoms with Crippen LogP contribution < -0.4 is 0 Å². The minimum atomic E-state index is -0.537. The molecule has 0 saturated heterocycles. The van der Waals surface area contributed by atoms with E-state index < -0.39 is 6.10 Å². The van der Waals surface area contributed by atoms with E-state index in [1.807, 2.05) is 0 Å². The maximum absolute atomic E-state index is 11.0. The molecule has 0 amide bonds. The van der Waals surface area contributed by atoms with Gasteiger partial charge in [-0.3, -0.25) is 0 Å². The highest BCUT2D eigenvalue weighted by Gasteiger charge is 2.10. The number of hydrogen-bond donors (Lipinski definition) is 1. The van der Waals surface area contributed by atoms with Crippen molar-refractivity contribution in [2.75, 3.05) is 0 Å². The van der Waals surface area contributed by atoms with E-state index in [1.54, 1.807) is 0 Å². The van der Waals surface area contributed by atoms with Crippen LogP contribution in [0.25, 0.3) is 0 Å². The molecule has 0 bridgehead atoms. The summed E-state index contributed by atoms with van der Waals surface area (Å²) in [7, 11) is 0. The van der Waals surface area contributed by atoms with Crippen molar-refractivity contribution < 1.29 is 5.11 Å². The number of aliphatic hydroxyl groups is 1. The lowest BCUT2D eigenvalue weighted by atomic mass is 9.97. The molecule has 2 aromatic rings. The zero-order valence-corrected chi connectivity index (χ0v) is 30.9. The van der Waals surface area contributed by atoms with E-state index in [4.69, 9.17) is 0 Å². The lowest BCUT2D eigenvalue weighted by molar-refractivity contribution is 0.220. The van der Waals surface area contributed by atoms with E-state index >= 15 is 0 Å². The van der Waals surface area contributed by atoms with Crippen LogP contribution in [0.2, 0.25) is 0 Å². The minimum absolute atomic E-state index is 0.537. The summed E-state index contributed by atoms with van der Waals surface area (Å²) in [5.74, 6) is 0. The molecule has 262 valence electrons. The second kappa shape index (κ2) is 29.5. The number of aliphatic hydroxyl groups excluding tert-OH is 1. The molecule has 0 saturated carbocycles. The smallest absolute Gasteiger partial charge is 0.104 e. The number of aryl methyl sites for hydroxylation is 2. The number of unbranched alkanes of at least 4 members (excludes halogenated alkanes) is 26. The van der Waals surface area contributed by atoms with E-state index in [2.05, 4.69) is 62.4 Å². The summed E-state index contributed by atoms with van der Waals surface area (Å²) in [4.78, 5) is 0. The first kappa shape index (κ1) is 40.6. The average Bonchev–Trinajstić information content (AvgIpc) is 3.09. The third kappa shape index (κ3) is 21.3. The van der Waals surface area contributed by atoms with Gasteiger partial charge in [-0.15, -0.1) is 0 Å². The molecule has 1 nitrogen and oxygen atoms in total. The van der Waals surface area contributed by atoms with Gasteiger partial charge in [-0.25, -0.2) is 0 Å². The summed E-state index contributed by atoms with van der Waals surface area (Å²) >= 11 is 0. The highest BCUT2D eigenvalue weighted by molar-refractivity contribution is 5.33. The Balaban J connectivity index is 1.46. The molecule has 0 aliphatic heterocycles. The molecule has 0 heterocycles. The number of hydrogen-bond acceptors (Lipinski definition) is 1. The Labute approximate surface area is 287 Å². The topological polar surface area (TPSA) is 20.2 Å². The average molecular weight is 633 g/mol. The molecule has 2 aromatic carbocycles. The van der Waals surface area contributed by atoms with Crippen molar-refractivity contribution in [3.8, 4) is 0 Å². The molecule has 0 aromatic heterocycles. The van der Waals surface area contributed by atoms with Crippen LogP contribution in [0.3, 0.4) is 0 Å². The summed E-state index contributed by atoms with van der Waals surface area (Å²) in [6, 6.07) is 17.4. The summed E-state index contributed by atoms with van der Waals surface area (Å²) in [5, 5.41) is 11.0. The summed E-state index contributed by atoms with van der Waals surface area (Å²) in [5.41, 5.74) is 4.81. The fourth-order valence-electron chi connectivity index (χ4n) is 6.97. The third-order valence-corrected chi connectivity index (χ3v) is 10.2. The van der Waals surface area contributed by atoms with Crippen molar-refractivity contribution in [1.29, 1.82) is 0 Å². The van der Waals surface area contributed by atoms with Crippen LogP contribution in [0.5, 0.6) is 0 Å². The highest BCUT2D eigenvalue weighted by atomic mass is 16.3. The molecule has 0 spiro atoms. The Bertz CT molecular complexity index is 822. The Kier molecular flexibility index (Phi) is 26.0. The fourth-order valence-corrected chi connectivity index (χ4v) is 6.97. The quantitative estimate of drug-likeness (QED) is 0.0796.